The molecule has 1 aliphatic carbocycles. The Morgan fingerprint density at radius 3 is 2.44 bits per heavy atom. The van der Waals surface area contributed by atoms with Gasteiger partial charge in [0.15, 0.2) is 5.96 Å². The van der Waals surface area contributed by atoms with Gasteiger partial charge in [0, 0.05) is 49.7 Å². The number of likely N-dealkylation sites (tertiary alicyclic amines) is 1. The Labute approximate surface area is 161 Å². The van der Waals surface area contributed by atoms with Gasteiger partial charge in [0.2, 0.25) is 0 Å². The van der Waals surface area contributed by atoms with Crippen LogP contribution < -0.4 is 10.6 Å². The van der Waals surface area contributed by atoms with Crippen molar-refractivity contribution in [2.75, 3.05) is 26.2 Å². The highest BCUT2D eigenvalue weighted by molar-refractivity contribution is 5.81. The van der Waals surface area contributed by atoms with Crippen molar-refractivity contribution in [1.82, 2.24) is 15.5 Å². The van der Waals surface area contributed by atoms with Crippen LogP contribution in [0.1, 0.15) is 51.5 Å². The number of halogens is 2. The lowest BCUT2D eigenvalue weighted by Crippen LogP contribution is -2.49. The Bertz CT molecular complexity index is 633. The van der Waals surface area contributed by atoms with Crippen molar-refractivity contribution in [3.05, 3.63) is 35.4 Å². The van der Waals surface area contributed by atoms with Gasteiger partial charge in [-0.2, -0.15) is 0 Å². The zero-order valence-corrected chi connectivity index (χ0v) is 16.6. The van der Waals surface area contributed by atoms with E-state index >= 15 is 0 Å². The molecule has 0 spiro atoms. The summed E-state index contributed by atoms with van der Waals surface area (Å²) in [5.74, 6) is 0.429. The van der Waals surface area contributed by atoms with Gasteiger partial charge in [-0.3, -0.25) is 4.99 Å². The third-order valence-corrected chi connectivity index (χ3v) is 5.35. The Balaban J connectivity index is 1.52. The van der Waals surface area contributed by atoms with E-state index in [9.17, 15) is 8.78 Å². The fourth-order valence-electron chi connectivity index (χ4n) is 3.97. The summed E-state index contributed by atoms with van der Waals surface area (Å²) in [5.41, 5.74) is 0.202. The zero-order chi connectivity index (χ0) is 19.4. The molecule has 0 aromatic heterocycles. The monoisotopic (exact) mass is 378 g/mol. The van der Waals surface area contributed by atoms with E-state index in [-0.39, 0.29) is 17.5 Å². The minimum Gasteiger partial charge on any atom is -0.354 e. The molecule has 2 atom stereocenters. The molecule has 1 heterocycles. The Morgan fingerprint density at radius 1 is 1.19 bits per heavy atom. The van der Waals surface area contributed by atoms with Gasteiger partial charge in [-0.15, -0.1) is 0 Å². The first kappa shape index (κ1) is 20.1. The highest BCUT2D eigenvalue weighted by atomic mass is 19.1. The van der Waals surface area contributed by atoms with Crippen LogP contribution in [0.5, 0.6) is 0 Å². The van der Waals surface area contributed by atoms with E-state index < -0.39 is 11.6 Å². The van der Waals surface area contributed by atoms with E-state index in [0.29, 0.717) is 18.5 Å². The van der Waals surface area contributed by atoms with Gasteiger partial charge in [-0.25, -0.2) is 8.78 Å². The summed E-state index contributed by atoms with van der Waals surface area (Å²) in [6, 6.07) is 4.51. The third kappa shape index (κ3) is 5.41. The van der Waals surface area contributed by atoms with Crippen molar-refractivity contribution < 1.29 is 8.78 Å². The summed E-state index contributed by atoms with van der Waals surface area (Å²) in [7, 11) is 0. The second-order valence-corrected chi connectivity index (χ2v) is 8.16. The van der Waals surface area contributed by atoms with Crippen molar-refractivity contribution in [1.29, 1.82) is 0 Å². The van der Waals surface area contributed by atoms with Crippen LogP contribution >= 0.6 is 0 Å². The van der Waals surface area contributed by atoms with Crippen LogP contribution in [0.3, 0.4) is 0 Å². The van der Waals surface area contributed by atoms with Gasteiger partial charge in [-0.05, 0) is 44.2 Å². The molecule has 3 rings (SSSR count). The SMILES string of the molecule is CCN=C(NC1CCN(CC(C)C)CC1)NC1CC1c1c(F)cccc1F. The average molecular weight is 379 g/mol. The molecular weight excluding hydrogens is 346 g/mol. The minimum absolute atomic E-state index is 0.0373. The molecule has 4 nitrogen and oxygen atoms in total. The Hall–Kier alpha value is -1.69. The van der Waals surface area contributed by atoms with Gasteiger partial charge in [0.1, 0.15) is 11.6 Å². The van der Waals surface area contributed by atoms with E-state index in [1.54, 1.807) is 0 Å². The predicted molar refractivity (Wildman–Crippen MR) is 106 cm³/mol. The third-order valence-electron chi connectivity index (χ3n) is 5.35. The van der Waals surface area contributed by atoms with Crippen LogP contribution in [0.2, 0.25) is 0 Å². The van der Waals surface area contributed by atoms with E-state index in [1.165, 1.54) is 18.2 Å². The van der Waals surface area contributed by atoms with Crippen molar-refractivity contribution in [3.8, 4) is 0 Å². The van der Waals surface area contributed by atoms with Crippen molar-refractivity contribution in [2.24, 2.45) is 10.9 Å². The first-order valence-corrected chi connectivity index (χ1v) is 10.2. The number of nitrogens with one attached hydrogen (secondary N) is 2. The summed E-state index contributed by atoms with van der Waals surface area (Å²) >= 11 is 0. The molecule has 1 aromatic rings. The molecule has 2 fully saturated rings. The molecule has 0 bridgehead atoms. The summed E-state index contributed by atoms with van der Waals surface area (Å²) < 4.78 is 28.0. The van der Waals surface area contributed by atoms with Crippen LogP contribution in [0, 0.1) is 17.6 Å². The minimum atomic E-state index is -0.455. The number of nitrogens with zero attached hydrogens (tertiary/aromatic N) is 2. The molecule has 6 heteroatoms. The van der Waals surface area contributed by atoms with Crippen molar-refractivity contribution >= 4 is 5.96 Å². The lowest BCUT2D eigenvalue weighted by atomic mass is 10.0. The van der Waals surface area contributed by atoms with Gasteiger partial charge in [-0.1, -0.05) is 19.9 Å². The number of hydrogen-bond acceptors (Lipinski definition) is 2. The fraction of sp³-hybridized carbons (Fsp3) is 0.667. The van der Waals surface area contributed by atoms with Gasteiger partial charge < -0.3 is 15.5 Å². The van der Waals surface area contributed by atoms with Crippen LogP contribution in [-0.2, 0) is 0 Å². The number of rotatable bonds is 6. The second kappa shape index (κ2) is 9.00. The number of guanidine groups is 1. The second-order valence-electron chi connectivity index (χ2n) is 8.16. The molecule has 2 aliphatic rings. The number of aliphatic imine (C=N–C) groups is 1. The Kier molecular flexibility index (Phi) is 6.68. The van der Waals surface area contributed by atoms with Gasteiger partial charge in [0.05, 0.1) is 0 Å². The van der Waals surface area contributed by atoms with Crippen LogP contribution in [-0.4, -0.2) is 49.1 Å². The molecule has 0 radical (unpaired) electrons. The molecule has 0 amide bonds. The van der Waals surface area contributed by atoms with Gasteiger partial charge in [0.25, 0.3) is 0 Å². The van der Waals surface area contributed by atoms with Crippen molar-refractivity contribution in [3.63, 3.8) is 0 Å². The molecule has 1 saturated heterocycles. The highest BCUT2D eigenvalue weighted by Gasteiger charge is 2.42. The van der Waals surface area contributed by atoms with Crippen LogP contribution in [0.25, 0.3) is 0 Å². The largest absolute Gasteiger partial charge is 0.354 e. The zero-order valence-electron chi connectivity index (χ0n) is 16.6. The predicted octanol–water partition coefficient (Wildman–Crippen LogP) is 3.50. The molecule has 2 unspecified atom stereocenters. The standard InChI is InChI=1S/C21H32F2N4/c1-4-24-21(25-15-8-10-27(11-9-15)13-14(2)3)26-19-12-16(19)20-17(22)6-5-7-18(20)23/h5-7,14-16,19H,4,8-13H2,1-3H3,(H2,24,25,26). The fourth-order valence-corrected chi connectivity index (χ4v) is 3.97. The lowest BCUT2D eigenvalue weighted by Gasteiger charge is -2.34. The number of piperidine rings is 1. The quantitative estimate of drug-likeness (QED) is 0.588. The number of benzene rings is 1. The Morgan fingerprint density at radius 2 is 1.85 bits per heavy atom. The summed E-state index contributed by atoms with van der Waals surface area (Å²) in [6.45, 7) is 10.5. The summed E-state index contributed by atoms with van der Waals surface area (Å²) in [5, 5.41) is 6.91. The molecule has 1 aliphatic heterocycles. The van der Waals surface area contributed by atoms with E-state index in [1.807, 2.05) is 6.92 Å². The summed E-state index contributed by atoms with van der Waals surface area (Å²) in [6.07, 6.45) is 2.91. The maximum atomic E-state index is 14.0. The van der Waals surface area contributed by atoms with Gasteiger partial charge >= 0.3 is 0 Å². The molecule has 2 N–H and O–H groups in total. The summed E-state index contributed by atoms with van der Waals surface area (Å²) in [4.78, 5) is 7.05. The molecule has 1 saturated carbocycles. The maximum Gasteiger partial charge on any atom is 0.191 e. The smallest absolute Gasteiger partial charge is 0.191 e. The first-order chi connectivity index (χ1) is 13.0. The maximum absolute atomic E-state index is 14.0. The number of hydrogen-bond donors (Lipinski definition) is 2. The first-order valence-electron chi connectivity index (χ1n) is 10.2. The molecule has 1 aromatic carbocycles. The lowest BCUT2D eigenvalue weighted by molar-refractivity contribution is 0.187. The topological polar surface area (TPSA) is 39.7 Å². The van der Waals surface area contributed by atoms with Crippen LogP contribution in [0.4, 0.5) is 8.78 Å². The van der Waals surface area contributed by atoms with E-state index in [0.717, 1.165) is 44.9 Å². The van der Waals surface area contributed by atoms with E-state index in [4.69, 9.17) is 0 Å². The normalized spacial score (nSPS) is 24.3. The van der Waals surface area contributed by atoms with Crippen LogP contribution in [0.15, 0.2) is 23.2 Å². The molecular formula is C21H32F2N4. The molecule has 27 heavy (non-hydrogen) atoms. The van der Waals surface area contributed by atoms with Crippen molar-refractivity contribution in [2.45, 2.75) is 58.0 Å². The molecule has 150 valence electrons. The average Bonchev–Trinajstić information content (AvgIpc) is 3.35. The van der Waals surface area contributed by atoms with E-state index in [2.05, 4.69) is 34.4 Å². The highest BCUT2D eigenvalue weighted by Crippen LogP contribution is 2.43.